The first-order valence-corrected chi connectivity index (χ1v) is 7.69. The van der Waals surface area contributed by atoms with Crippen LogP contribution < -0.4 is 4.74 Å². The molecule has 1 aromatic carbocycles. The van der Waals surface area contributed by atoms with E-state index in [0.717, 1.165) is 31.9 Å². The van der Waals surface area contributed by atoms with E-state index in [0.29, 0.717) is 24.2 Å². The number of carbonyl (C=O) groups excluding carboxylic acids is 1. The fourth-order valence-electron chi connectivity index (χ4n) is 3.59. The maximum atomic E-state index is 11.4. The Labute approximate surface area is 120 Å². The minimum Gasteiger partial charge on any atom is -0.493 e. The van der Waals surface area contributed by atoms with Crippen LogP contribution in [0.5, 0.6) is 5.75 Å². The molecular weight excluding hydrogens is 250 g/mol. The van der Waals surface area contributed by atoms with Crippen molar-refractivity contribution in [1.29, 1.82) is 0 Å². The summed E-state index contributed by atoms with van der Waals surface area (Å²) in [7, 11) is 0. The van der Waals surface area contributed by atoms with Crippen molar-refractivity contribution in [1.82, 2.24) is 4.90 Å². The third kappa shape index (κ3) is 2.88. The number of ketones is 1. The first kappa shape index (κ1) is 13.6. The van der Waals surface area contributed by atoms with Crippen molar-refractivity contribution in [2.45, 2.75) is 44.6 Å². The number of carbonyl (C=O) groups is 1. The first-order valence-electron chi connectivity index (χ1n) is 7.69. The lowest BCUT2D eigenvalue weighted by Crippen LogP contribution is -2.35. The van der Waals surface area contributed by atoms with Gasteiger partial charge in [0.05, 0.1) is 6.61 Å². The molecule has 0 spiro atoms. The first-order chi connectivity index (χ1) is 9.74. The van der Waals surface area contributed by atoms with Gasteiger partial charge in [-0.25, -0.2) is 0 Å². The molecule has 0 bridgehead atoms. The molecule has 1 saturated heterocycles. The summed E-state index contributed by atoms with van der Waals surface area (Å²) < 4.78 is 5.74. The molecule has 2 aliphatic rings. The second-order valence-corrected chi connectivity index (χ2v) is 6.07. The Hall–Kier alpha value is -1.35. The molecule has 20 heavy (non-hydrogen) atoms. The number of nitrogens with zero attached hydrogens (tertiary/aromatic N) is 1. The molecule has 3 nitrogen and oxygen atoms in total. The summed E-state index contributed by atoms with van der Waals surface area (Å²) in [6, 6.07) is 8.85. The maximum Gasteiger partial charge on any atom is 0.131 e. The molecular formula is C17H23NO2. The van der Waals surface area contributed by atoms with Crippen LogP contribution in [0.1, 0.15) is 44.1 Å². The van der Waals surface area contributed by atoms with Crippen LogP contribution in [-0.2, 0) is 4.79 Å². The average molecular weight is 273 g/mol. The molecule has 3 heteroatoms. The second-order valence-electron chi connectivity index (χ2n) is 6.07. The predicted molar refractivity (Wildman–Crippen MR) is 79.2 cm³/mol. The van der Waals surface area contributed by atoms with Crippen molar-refractivity contribution in [2.75, 3.05) is 19.7 Å². The molecule has 2 atom stereocenters. The number of likely N-dealkylation sites (tertiary alicyclic amines) is 1. The number of rotatable bonds is 4. The normalized spacial score (nSPS) is 26.1. The summed E-state index contributed by atoms with van der Waals surface area (Å²) in [4.78, 5) is 13.9. The lowest BCUT2D eigenvalue weighted by atomic mass is 9.92. The fraction of sp³-hybridized carbons (Fsp3) is 0.588. The van der Waals surface area contributed by atoms with Crippen LogP contribution >= 0.6 is 0 Å². The molecule has 1 fully saturated rings. The molecule has 0 amide bonds. The van der Waals surface area contributed by atoms with E-state index in [2.05, 4.69) is 23.1 Å². The van der Waals surface area contributed by atoms with Gasteiger partial charge in [0.15, 0.2) is 0 Å². The number of benzene rings is 1. The Morgan fingerprint density at radius 3 is 3.05 bits per heavy atom. The third-order valence-electron chi connectivity index (χ3n) is 4.56. The zero-order valence-corrected chi connectivity index (χ0v) is 12.2. The van der Waals surface area contributed by atoms with Gasteiger partial charge in [-0.3, -0.25) is 9.69 Å². The van der Waals surface area contributed by atoms with Gasteiger partial charge in [-0.2, -0.15) is 0 Å². The van der Waals surface area contributed by atoms with Gasteiger partial charge in [0.2, 0.25) is 0 Å². The topological polar surface area (TPSA) is 29.5 Å². The van der Waals surface area contributed by atoms with E-state index in [4.69, 9.17) is 4.74 Å². The Morgan fingerprint density at radius 1 is 1.35 bits per heavy atom. The van der Waals surface area contributed by atoms with Crippen LogP contribution in [0.2, 0.25) is 0 Å². The number of fused-ring (bicyclic) bond motifs is 1. The monoisotopic (exact) mass is 273 g/mol. The molecule has 1 aromatic rings. The van der Waals surface area contributed by atoms with E-state index in [1.54, 1.807) is 6.92 Å². The molecule has 2 heterocycles. The summed E-state index contributed by atoms with van der Waals surface area (Å²) in [6.45, 7) is 4.73. The van der Waals surface area contributed by atoms with Gasteiger partial charge in [-0.1, -0.05) is 18.2 Å². The quantitative estimate of drug-likeness (QED) is 0.844. The van der Waals surface area contributed by atoms with E-state index < -0.39 is 0 Å². The minimum atomic E-state index is 0.314. The van der Waals surface area contributed by atoms with E-state index in [1.165, 1.54) is 18.4 Å². The highest BCUT2D eigenvalue weighted by molar-refractivity contribution is 5.76. The van der Waals surface area contributed by atoms with Crippen LogP contribution in [0.25, 0.3) is 0 Å². The largest absolute Gasteiger partial charge is 0.493 e. The predicted octanol–water partition coefficient (Wildman–Crippen LogP) is 3.00. The van der Waals surface area contributed by atoms with Gasteiger partial charge in [-0.05, 0) is 44.4 Å². The summed E-state index contributed by atoms with van der Waals surface area (Å²) >= 11 is 0. The minimum absolute atomic E-state index is 0.314. The van der Waals surface area contributed by atoms with Gasteiger partial charge in [-0.15, -0.1) is 0 Å². The number of para-hydroxylation sites is 1. The van der Waals surface area contributed by atoms with E-state index >= 15 is 0 Å². The SMILES string of the molecule is CC(=O)CC1CCCN1CC1CCOc2ccccc21. The van der Waals surface area contributed by atoms with Crippen molar-refractivity contribution >= 4 is 5.78 Å². The van der Waals surface area contributed by atoms with E-state index in [1.807, 2.05) is 6.07 Å². The van der Waals surface area contributed by atoms with E-state index in [-0.39, 0.29) is 0 Å². The third-order valence-corrected chi connectivity index (χ3v) is 4.56. The number of ether oxygens (including phenoxy) is 1. The smallest absolute Gasteiger partial charge is 0.131 e. The number of hydrogen-bond donors (Lipinski definition) is 0. The average Bonchev–Trinajstić information content (AvgIpc) is 2.86. The van der Waals surface area contributed by atoms with Crippen LogP contribution in [0.15, 0.2) is 24.3 Å². The van der Waals surface area contributed by atoms with Crippen LogP contribution in [0, 0.1) is 0 Å². The van der Waals surface area contributed by atoms with Crippen molar-refractivity contribution in [3.05, 3.63) is 29.8 Å². The second kappa shape index (κ2) is 5.96. The molecule has 2 unspecified atom stereocenters. The Bertz CT molecular complexity index is 486. The number of hydrogen-bond acceptors (Lipinski definition) is 3. The van der Waals surface area contributed by atoms with Crippen molar-refractivity contribution < 1.29 is 9.53 Å². The van der Waals surface area contributed by atoms with Crippen molar-refractivity contribution in [3.63, 3.8) is 0 Å². The highest BCUT2D eigenvalue weighted by Crippen LogP contribution is 2.35. The van der Waals surface area contributed by atoms with Crippen molar-refractivity contribution in [2.24, 2.45) is 0 Å². The van der Waals surface area contributed by atoms with Gasteiger partial charge in [0.25, 0.3) is 0 Å². The molecule has 2 aliphatic heterocycles. The van der Waals surface area contributed by atoms with Gasteiger partial charge < -0.3 is 4.74 Å². The van der Waals surface area contributed by atoms with Gasteiger partial charge in [0, 0.05) is 24.9 Å². The molecule has 0 aliphatic carbocycles. The highest BCUT2D eigenvalue weighted by Gasteiger charge is 2.30. The van der Waals surface area contributed by atoms with E-state index in [9.17, 15) is 4.79 Å². The van der Waals surface area contributed by atoms with Gasteiger partial charge >= 0.3 is 0 Å². The standard InChI is InChI=1S/C17H23NO2/c1-13(19)11-15-5-4-9-18(15)12-14-8-10-20-17-7-3-2-6-16(14)17/h2-3,6-7,14-15H,4-5,8-12H2,1H3. The lowest BCUT2D eigenvalue weighted by molar-refractivity contribution is -0.118. The Balaban J connectivity index is 1.70. The molecule has 0 radical (unpaired) electrons. The molecule has 3 rings (SSSR count). The highest BCUT2D eigenvalue weighted by atomic mass is 16.5. The molecule has 108 valence electrons. The van der Waals surface area contributed by atoms with Gasteiger partial charge in [0.1, 0.15) is 11.5 Å². The van der Waals surface area contributed by atoms with Crippen molar-refractivity contribution in [3.8, 4) is 5.75 Å². The fourth-order valence-corrected chi connectivity index (χ4v) is 3.59. The molecule has 0 saturated carbocycles. The Morgan fingerprint density at radius 2 is 2.20 bits per heavy atom. The maximum absolute atomic E-state index is 11.4. The number of Topliss-reactive ketones (excluding diaryl/α,β-unsaturated/α-hetero) is 1. The summed E-state index contributed by atoms with van der Waals surface area (Å²) in [5, 5.41) is 0. The van der Waals surface area contributed by atoms with Crippen LogP contribution in [0.4, 0.5) is 0 Å². The Kier molecular flexibility index (Phi) is 4.06. The summed E-state index contributed by atoms with van der Waals surface area (Å²) in [5.74, 6) is 1.91. The molecule has 0 aromatic heterocycles. The zero-order chi connectivity index (χ0) is 13.9. The lowest BCUT2D eigenvalue weighted by Gasteiger charge is -2.32. The molecule has 0 N–H and O–H groups in total. The summed E-state index contributed by atoms with van der Waals surface area (Å²) in [6.07, 6.45) is 4.19. The van der Waals surface area contributed by atoms with Crippen LogP contribution in [0.3, 0.4) is 0 Å². The summed E-state index contributed by atoms with van der Waals surface area (Å²) in [5.41, 5.74) is 1.34. The van der Waals surface area contributed by atoms with Crippen LogP contribution in [-0.4, -0.2) is 36.4 Å². The zero-order valence-electron chi connectivity index (χ0n) is 12.2.